The first kappa shape index (κ1) is 21.2. The fourth-order valence-corrected chi connectivity index (χ4v) is 2.85. The Hall–Kier alpha value is -3.15. The van der Waals surface area contributed by atoms with E-state index in [1.807, 2.05) is 45.9 Å². The third-order valence-electron chi connectivity index (χ3n) is 4.74. The molecule has 3 amide bonds. The standard InChI is InChI=1S/C22H27N3O3/c1-5-15(3)19(23-20(26)17-9-7-6-8-10-17)22(28)25-24-21(27)18-12-11-14(2)13-16(18)4/h6-13,15,19H,5H2,1-4H3,(H,23,26)(H,24,27)(H,25,28)/t15-,19-/m0/s1. The van der Waals surface area contributed by atoms with Gasteiger partial charge >= 0.3 is 0 Å². The predicted octanol–water partition coefficient (Wildman–Crippen LogP) is 2.91. The molecule has 28 heavy (non-hydrogen) atoms. The van der Waals surface area contributed by atoms with Gasteiger partial charge in [-0.1, -0.05) is 56.2 Å². The van der Waals surface area contributed by atoms with Crippen molar-refractivity contribution in [3.05, 3.63) is 70.8 Å². The van der Waals surface area contributed by atoms with Gasteiger partial charge < -0.3 is 5.32 Å². The van der Waals surface area contributed by atoms with Crippen molar-refractivity contribution < 1.29 is 14.4 Å². The topological polar surface area (TPSA) is 87.3 Å². The maximum atomic E-state index is 12.6. The van der Waals surface area contributed by atoms with Crippen LogP contribution in [-0.2, 0) is 4.79 Å². The molecule has 0 radical (unpaired) electrons. The fraction of sp³-hybridized carbons (Fsp3) is 0.318. The second kappa shape index (κ2) is 9.69. The molecule has 0 bridgehead atoms. The van der Waals surface area contributed by atoms with Crippen LogP contribution in [0.5, 0.6) is 0 Å². The van der Waals surface area contributed by atoms with Gasteiger partial charge in [0.25, 0.3) is 17.7 Å². The molecule has 0 aliphatic rings. The highest BCUT2D eigenvalue weighted by atomic mass is 16.2. The van der Waals surface area contributed by atoms with Gasteiger partial charge in [0.05, 0.1) is 0 Å². The molecule has 0 aliphatic carbocycles. The van der Waals surface area contributed by atoms with Crippen LogP contribution >= 0.6 is 0 Å². The number of amides is 3. The molecular weight excluding hydrogens is 354 g/mol. The summed E-state index contributed by atoms with van der Waals surface area (Å²) in [6, 6.07) is 13.4. The zero-order chi connectivity index (χ0) is 20.7. The van der Waals surface area contributed by atoms with Crippen molar-refractivity contribution >= 4 is 17.7 Å². The predicted molar refractivity (Wildman–Crippen MR) is 109 cm³/mol. The molecule has 6 heteroatoms. The van der Waals surface area contributed by atoms with Crippen LogP contribution in [0.1, 0.15) is 52.1 Å². The number of carbonyl (C=O) groups excluding carboxylic acids is 3. The van der Waals surface area contributed by atoms with Gasteiger partial charge in [-0.25, -0.2) is 0 Å². The van der Waals surface area contributed by atoms with Crippen molar-refractivity contribution in [1.82, 2.24) is 16.2 Å². The van der Waals surface area contributed by atoms with Crippen LogP contribution in [0.3, 0.4) is 0 Å². The number of aryl methyl sites for hydroxylation is 2. The first-order valence-corrected chi connectivity index (χ1v) is 9.36. The molecule has 0 unspecified atom stereocenters. The molecule has 2 aromatic rings. The van der Waals surface area contributed by atoms with E-state index in [1.54, 1.807) is 30.3 Å². The van der Waals surface area contributed by atoms with Crippen molar-refractivity contribution in [1.29, 1.82) is 0 Å². The average molecular weight is 381 g/mol. The Morgan fingerprint density at radius 3 is 2.21 bits per heavy atom. The summed E-state index contributed by atoms with van der Waals surface area (Å²) in [5.74, 6) is -1.30. The van der Waals surface area contributed by atoms with E-state index in [-0.39, 0.29) is 11.8 Å². The second-order valence-electron chi connectivity index (χ2n) is 6.96. The maximum Gasteiger partial charge on any atom is 0.269 e. The van der Waals surface area contributed by atoms with E-state index < -0.39 is 17.9 Å². The molecule has 0 saturated carbocycles. The molecular formula is C22H27N3O3. The Bertz CT molecular complexity index is 849. The van der Waals surface area contributed by atoms with E-state index in [4.69, 9.17) is 0 Å². The third kappa shape index (κ3) is 5.42. The number of nitrogens with one attached hydrogen (secondary N) is 3. The summed E-state index contributed by atoms with van der Waals surface area (Å²) >= 11 is 0. The zero-order valence-corrected chi connectivity index (χ0v) is 16.7. The van der Waals surface area contributed by atoms with Gasteiger partial charge in [0.15, 0.2) is 0 Å². The lowest BCUT2D eigenvalue weighted by molar-refractivity contribution is -0.124. The van der Waals surface area contributed by atoms with E-state index in [1.165, 1.54) is 0 Å². The number of benzene rings is 2. The molecule has 148 valence electrons. The van der Waals surface area contributed by atoms with Gasteiger partial charge in [-0.15, -0.1) is 0 Å². The second-order valence-corrected chi connectivity index (χ2v) is 6.96. The largest absolute Gasteiger partial charge is 0.340 e. The van der Waals surface area contributed by atoms with Crippen LogP contribution in [0.4, 0.5) is 0 Å². The first-order valence-electron chi connectivity index (χ1n) is 9.36. The first-order chi connectivity index (χ1) is 13.3. The van der Waals surface area contributed by atoms with E-state index in [9.17, 15) is 14.4 Å². The third-order valence-corrected chi connectivity index (χ3v) is 4.74. The Morgan fingerprint density at radius 2 is 1.61 bits per heavy atom. The molecule has 2 aromatic carbocycles. The molecule has 0 spiro atoms. The highest BCUT2D eigenvalue weighted by Crippen LogP contribution is 2.11. The highest BCUT2D eigenvalue weighted by molar-refractivity contribution is 5.99. The molecule has 0 aromatic heterocycles. The van der Waals surface area contributed by atoms with Gasteiger partial charge in [-0.05, 0) is 43.5 Å². The van der Waals surface area contributed by atoms with E-state index in [0.29, 0.717) is 17.5 Å². The summed E-state index contributed by atoms with van der Waals surface area (Å²) in [7, 11) is 0. The molecule has 2 atom stereocenters. The molecule has 0 fully saturated rings. The number of carbonyl (C=O) groups is 3. The number of hydrogen-bond acceptors (Lipinski definition) is 3. The van der Waals surface area contributed by atoms with Crippen LogP contribution in [0.15, 0.2) is 48.5 Å². The smallest absolute Gasteiger partial charge is 0.269 e. The molecule has 0 aliphatic heterocycles. The van der Waals surface area contributed by atoms with Crippen molar-refractivity contribution in [3.63, 3.8) is 0 Å². The SMILES string of the molecule is CC[C@H](C)[C@H](NC(=O)c1ccccc1)C(=O)NNC(=O)c1ccc(C)cc1C. The minimum absolute atomic E-state index is 0.106. The molecule has 2 rings (SSSR count). The van der Waals surface area contributed by atoms with E-state index in [0.717, 1.165) is 11.1 Å². The van der Waals surface area contributed by atoms with Crippen LogP contribution in [0.2, 0.25) is 0 Å². The summed E-state index contributed by atoms with van der Waals surface area (Å²) in [5, 5.41) is 2.76. The Labute approximate surface area is 165 Å². The van der Waals surface area contributed by atoms with Crippen molar-refractivity contribution in [3.8, 4) is 0 Å². The Morgan fingerprint density at radius 1 is 0.929 bits per heavy atom. The molecule has 0 heterocycles. The van der Waals surface area contributed by atoms with Crippen LogP contribution in [0.25, 0.3) is 0 Å². The average Bonchev–Trinajstić information content (AvgIpc) is 2.69. The van der Waals surface area contributed by atoms with Crippen LogP contribution in [0, 0.1) is 19.8 Å². The van der Waals surface area contributed by atoms with Crippen molar-refractivity contribution in [2.45, 2.75) is 40.2 Å². The Kier molecular flexibility index (Phi) is 7.32. The maximum absolute atomic E-state index is 12.6. The van der Waals surface area contributed by atoms with Gasteiger partial charge in [-0.3, -0.25) is 25.2 Å². The number of hydrazine groups is 1. The quantitative estimate of drug-likeness (QED) is 0.673. The molecule has 0 saturated heterocycles. The summed E-state index contributed by atoms with van der Waals surface area (Å²) < 4.78 is 0. The summed E-state index contributed by atoms with van der Waals surface area (Å²) in [5.41, 5.74) is 7.72. The lowest BCUT2D eigenvalue weighted by Crippen LogP contribution is -2.54. The number of hydrogen-bond donors (Lipinski definition) is 3. The number of rotatable bonds is 6. The monoisotopic (exact) mass is 381 g/mol. The molecule has 6 nitrogen and oxygen atoms in total. The normalized spacial score (nSPS) is 12.6. The van der Waals surface area contributed by atoms with Crippen LogP contribution < -0.4 is 16.2 Å². The van der Waals surface area contributed by atoms with Crippen LogP contribution in [-0.4, -0.2) is 23.8 Å². The zero-order valence-electron chi connectivity index (χ0n) is 16.7. The highest BCUT2D eigenvalue weighted by Gasteiger charge is 2.26. The minimum atomic E-state index is -0.767. The molecule has 3 N–H and O–H groups in total. The van der Waals surface area contributed by atoms with Gasteiger partial charge in [0.2, 0.25) is 0 Å². The van der Waals surface area contributed by atoms with Gasteiger partial charge in [0.1, 0.15) is 6.04 Å². The van der Waals surface area contributed by atoms with Crippen molar-refractivity contribution in [2.75, 3.05) is 0 Å². The lowest BCUT2D eigenvalue weighted by Gasteiger charge is -2.23. The lowest BCUT2D eigenvalue weighted by atomic mass is 9.98. The summed E-state index contributed by atoms with van der Waals surface area (Å²) in [6.07, 6.45) is 0.693. The Balaban J connectivity index is 2.04. The van der Waals surface area contributed by atoms with Crippen molar-refractivity contribution in [2.24, 2.45) is 5.92 Å². The fourth-order valence-electron chi connectivity index (χ4n) is 2.85. The minimum Gasteiger partial charge on any atom is -0.340 e. The van der Waals surface area contributed by atoms with Gasteiger partial charge in [0, 0.05) is 11.1 Å². The van der Waals surface area contributed by atoms with E-state index in [2.05, 4.69) is 16.2 Å². The van der Waals surface area contributed by atoms with E-state index >= 15 is 0 Å². The summed E-state index contributed by atoms with van der Waals surface area (Å²) in [6.45, 7) is 7.60. The van der Waals surface area contributed by atoms with Gasteiger partial charge in [-0.2, -0.15) is 0 Å². The summed E-state index contributed by atoms with van der Waals surface area (Å²) in [4.78, 5) is 37.5.